The number of rotatable bonds is 5. The molecule has 0 bridgehead atoms. The summed E-state index contributed by atoms with van der Waals surface area (Å²) in [6.07, 6.45) is 0.940. The van der Waals surface area contributed by atoms with Gasteiger partial charge in [-0.25, -0.2) is 9.97 Å². The molecule has 5 nitrogen and oxygen atoms in total. The average molecular weight is 368 g/mol. The van der Waals surface area contributed by atoms with Crippen LogP contribution in [0.25, 0.3) is 21.6 Å². The highest BCUT2D eigenvalue weighted by Crippen LogP contribution is 2.30. The summed E-state index contributed by atoms with van der Waals surface area (Å²) in [7, 11) is 0. The SMILES string of the molecule is Cc1ccc(-c2csc(NC(=O)CCc3nc4ccccc4[nH]3)n2)s1. The number of benzene rings is 1. The van der Waals surface area contributed by atoms with E-state index >= 15 is 0 Å². The number of amides is 1. The average Bonchev–Trinajstić information content (AvgIpc) is 3.31. The number of hydrogen-bond acceptors (Lipinski definition) is 5. The lowest BCUT2D eigenvalue weighted by atomic mass is 10.3. The highest BCUT2D eigenvalue weighted by molar-refractivity contribution is 7.17. The number of H-pyrrole nitrogens is 1. The summed E-state index contributed by atoms with van der Waals surface area (Å²) < 4.78 is 0. The normalized spacial score (nSPS) is 11.1. The summed E-state index contributed by atoms with van der Waals surface area (Å²) in [6.45, 7) is 2.07. The van der Waals surface area contributed by atoms with Crippen LogP contribution in [-0.4, -0.2) is 20.9 Å². The molecule has 0 unspecified atom stereocenters. The first kappa shape index (κ1) is 16.0. The highest BCUT2D eigenvalue weighted by Gasteiger charge is 2.10. The second-order valence-corrected chi connectivity index (χ2v) is 7.84. The third kappa shape index (κ3) is 3.62. The van der Waals surface area contributed by atoms with Crippen molar-refractivity contribution < 1.29 is 4.79 Å². The Labute approximate surface area is 152 Å². The Bertz CT molecular complexity index is 997. The van der Waals surface area contributed by atoms with Crippen molar-refractivity contribution in [3.05, 3.63) is 52.5 Å². The van der Waals surface area contributed by atoms with Crippen LogP contribution in [-0.2, 0) is 11.2 Å². The van der Waals surface area contributed by atoms with Gasteiger partial charge in [-0.2, -0.15) is 0 Å². The highest BCUT2D eigenvalue weighted by atomic mass is 32.1. The van der Waals surface area contributed by atoms with E-state index in [1.807, 2.05) is 29.6 Å². The molecule has 3 heterocycles. The molecule has 0 atom stereocenters. The van der Waals surface area contributed by atoms with Crippen LogP contribution in [0.15, 0.2) is 41.8 Å². The molecule has 25 heavy (non-hydrogen) atoms. The van der Waals surface area contributed by atoms with Crippen molar-refractivity contribution in [2.75, 3.05) is 5.32 Å². The number of nitrogens with zero attached hydrogens (tertiary/aromatic N) is 2. The van der Waals surface area contributed by atoms with Gasteiger partial charge in [0.25, 0.3) is 0 Å². The summed E-state index contributed by atoms with van der Waals surface area (Å²) in [5.74, 6) is 0.772. The van der Waals surface area contributed by atoms with Crippen molar-refractivity contribution in [2.45, 2.75) is 19.8 Å². The number of aromatic nitrogens is 3. The third-order valence-electron chi connectivity index (χ3n) is 3.77. The van der Waals surface area contributed by atoms with Gasteiger partial charge in [0.1, 0.15) is 5.82 Å². The van der Waals surface area contributed by atoms with Gasteiger partial charge in [0.05, 0.1) is 21.6 Å². The molecule has 0 saturated heterocycles. The molecule has 0 saturated carbocycles. The number of aryl methyl sites for hydroxylation is 2. The molecule has 4 aromatic rings. The van der Waals surface area contributed by atoms with Crippen LogP contribution in [0, 0.1) is 6.92 Å². The summed E-state index contributed by atoms with van der Waals surface area (Å²) in [6, 6.07) is 12.0. The Morgan fingerprint density at radius 3 is 2.88 bits per heavy atom. The molecular formula is C18H16N4OS2. The summed E-state index contributed by atoms with van der Waals surface area (Å²) in [5, 5.41) is 5.48. The van der Waals surface area contributed by atoms with Crippen molar-refractivity contribution in [3.63, 3.8) is 0 Å². The second-order valence-electron chi connectivity index (χ2n) is 5.70. The number of imidazole rings is 1. The summed E-state index contributed by atoms with van der Waals surface area (Å²) in [5.41, 5.74) is 2.83. The van der Waals surface area contributed by atoms with E-state index in [2.05, 4.69) is 39.3 Å². The molecule has 3 aromatic heterocycles. The largest absolute Gasteiger partial charge is 0.342 e. The summed E-state index contributed by atoms with van der Waals surface area (Å²) in [4.78, 5) is 26.8. The van der Waals surface area contributed by atoms with Crippen molar-refractivity contribution in [3.8, 4) is 10.6 Å². The lowest BCUT2D eigenvalue weighted by Crippen LogP contribution is -2.12. The fourth-order valence-electron chi connectivity index (χ4n) is 2.55. The van der Waals surface area contributed by atoms with Gasteiger partial charge >= 0.3 is 0 Å². The van der Waals surface area contributed by atoms with E-state index in [0.29, 0.717) is 18.0 Å². The van der Waals surface area contributed by atoms with Gasteiger partial charge in [0.2, 0.25) is 5.91 Å². The van der Waals surface area contributed by atoms with E-state index in [1.54, 1.807) is 11.3 Å². The van der Waals surface area contributed by atoms with Crippen LogP contribution in [0.2, 0.25) is 0 Å². The molecule has 0 aliphatic rings. The molecule has 4 rings (SSSR count). The Morgan fingerprint density at radius 1 is 1.20 bits per heavy atom. The molecule has 1 aromatic carbocycles. The van der Waals surface area contributed by atoms with Gasteiger partial charge in [0.15, 0.2) is 5.13 Å². The molecule has 7 heteroatoms. The number of thiophene rings is 1. The Morgan fingerprint density at radius 2 is 2.08 bits per heavy atom. The number of carbonyl (C=O) groups is 1. The smallest absolute Gasteiger partial charge is 0.226 e. The molecule has 0 aliphatic heterocycles. The van der Waals surface area contributed by atoms with E-state index < -0.39 is 0 Å². The fraction of sp³-hybridized carbons (Fsp3) is 0.167. The number of nitrogens with one attached hydrogen (secondary N) is 2. The molecule has 1 amide bonds. The minimum absolute atomic E-state index is 0.0521. The number of fused-ring (bicyclic) bond motifs is 1. The molecule has 0 spiro atoms. The lowest BCUT2D eigenvalue weighted by Gasteiger charge is -2.00. The van der Waals surface area contributed by atoms with Gasteiger partial charge in [-0.1, -0.05) is 12.1 Å². The minimum atomic E-state index is -0.0521. The molecule has 0 fully saturated rings. The molecule has 2 N–H and O–H groups in total. The quantitative estimate of drug-likeness (QED) is 0.540. The first-order chi connectivity index (χ1) is 12.2. The fourth-order valence-corrected chi connectivity index (χ4v) is 4.18. The van der Waals surface area contributed by atoms with Gasteiger partial charge < -0.3 is 10.3 Å². The topological polar surface area (TPSA) is 70.7 Å². The maximum atomic E-state index is 12.2. The van der Waals surface area contributed by atoms with Crippen molar-refractivity contribution >= 4 is 44.7 Å². The van der Waals surface area contributed by atoms with Crippen molar-refractivity contribution in [2.24, 2.45) is 0 Å². The van der Waals surface area contributed by atoms with Crippen molar-refractivity contribution in [1.29, 1.82) is 0 Å². The molecule has 0 aliphatic carbocycles. The molecule has 0 radical (unpaired) electrons. The maximum Gasteiger partial charge on any atom is 0.226 e. The number of anilines is 1. The van der Waals surface area contributed by atoms with E-state index in [-0.39, 0.29) is 5.91 Å². The first-order valence-electron chi connectivity index (χ1n) is 7.93. The molecule has 126 valence electrons. The monoisotopic (exact) mass is 368 g/mol. The Kier molecular flexibility index (Phi) is 4.33. The van der Waals surface area contributed by atoms with Gasteiger partial charge in [-0.3, -0.25) is 4.79 Å². The zero-order chi connectivity index (χ0) is 17.2. The zero-order valence-corrected chi connectivity index (χ0v) is 15.2. The number of thiazole rings is 1. The van der Waals surface area contributed by atoms with E-state index in [4.69, 9.17) is 0 Å². The van der Waals surface area contributed by atoms with Gasteiger partial charge in [-0.15, -0.1) is 22.7 Å². The Balaban J connectivity index is 1.36. The standard InChI is InChI=1S/C18H16N4OS2/c1-11-6-7-15(25-11)14-10-24-18(21-14)22-17(23)9-8-16-19-12-4-2-3-5-13(12)20-16/h2-7,10H,8-9H2,1H3,(H,19,20)(H,21,22,23). The summed E-state index contributed by atoms with van der Waals surface area (Å²) >= 11 is 3.15. The van der Waals surface area contributed by atoms with Crippen LogP contribution < -0.4 is 5.32 Å². The van der Waals surface area contributed by atoms with E-state index in [9.17, 15) is 4.79 Å². The third-order valence-corrected chi connectivity index (χ3v) is 5.55. The predicted octanol–water partition coefficient (Wildman–Crippen LogP) is 4.63. The minimum Gasteiger partial charge on any atom is -0.342 e. The second kappa shape index (κ2) is 6.78. The van der Waals surface area contributed by atoms with Crippen LogP contribution in [0.4, 0.5) is 5.13 Å². The van der Waals surface area contributed by atoms with Crippen molar-refractivity contribution in [1.82, 2.24) is 15.0 Å². The van der Waals surface area contributed by atoms with Crippen LogP contribution in [0.5, 0.6) is 0 Å². The zero-order valence-electron chi connectivity index (χ0n) is 13.6. The Hall–Kier alpha value is -2.51. The maximum absolute atomic E-state index is 12.2. The lowest BCUT2D eigenvalue weighted by molar-refractivity contribution is -0.116. The number of aromatic amines is 1. The first-order valence-corrected chi connectivity index (χ1v) is 9.63. The molecular weight excluding hydrogens is 352 g/mol. The number of para-hydroxylation sites is 2. The van der Waals surface area contributed by atoms with Gasteiger partial charge in [0, 0.05) is 23.1 Å². The van der Waals surface area contributed by atoms with E-state index in [1.165, 1.54) is 16.2 Å². The van der Waals surface area contributed by atoms with Crippen LogP contribution >= 0.6 is 22.7 Å². The van der Waals surface area contributed by atoms with Crippen LogP contribution in [0.1, 0.15) is 17.1 Å². The number of hydrogen-bond donors (Lipinski definition) is 2. The van der Waals surface area contributed by atoms with Crippen LogP contribution in [0.3, 0.4) is 0 Å². The van der Waals surface area contributed by atoms with Gasteiger partial charge in [-0.05, 0) is 31.2 Å². The number of carbonyl (C=O) groups excluding carboxylic acids is 1. The van der Waals surface area contributed by atoms with E-state index in [0.717, 1.165) is 27.4 Å². The predicted molar refractivity (Wildman–Crippen MR) is 103 cm³/mol.